The van der Waals surface area contributed by atoms with Crippen LogP contribution in [-0.4, -0.2) is 30.4 Å². The monoisotopic (exact) mass is 225 g/mol. The molecule has 0 fully saturated rings. The third-order valence-corrected chi connectivity index (χ3v) is 2.19. The van der Waals surface area contributed by atoms with E-state index >= 15 is 0 Å². The third kappa shape index (κ3) is 3.79. The highest BCUT2D eigenvalue weighted by Gasteiger charge is 2.06. The molecule has 0 radical (unpaired) electrons. The zero-order valence-corrected chi connectivity index (χ0v) is 10.1. The van der Waals surface area contributed by atoms with Gasteiger partial charge < -0.3 is 14.6 Å². The number of pyridine rings is 1. The molecule has 1 N–H and O–H groups in total. The molecule has 4 heteroatoms. The molecule has 0 amide bonds. The van der Waals surface area contributed by atoms with Gasteiger partial charge in [-0.05, 0) is 17.5 Å². The first-order valence-electron chi connectivity index (χ1n) is 5.40. The maximum atomic E-state index is 9.13. The van der Waals surface area contributed by atoms with Crippen molar-refractivity contribution in [1.29, 1.82) is 0 Å². The van der Waals surface area contributed by atoms with Gasteiger partial charge in [-0.3, -0.25) is 0 Å². The van der Waals surface area contributed by atoms with E-state index in [1.807, 2.05) is 6.07 Å². The highest BCUT2D eigenvalue weighted by molar-refractivity contribution is 5.26. The first kappa shape index (κ1) is 12.9. The van der Waals surface area contributed by atoms with Crippen LogP contribution in [0.2, 0.25) is 0 Å². The summed E-state index contributed by atoms with van der Waals surface area (Å²) in [6.07, 6.45) is 0. The number of methoxy groups -OCH3 is 1. The number of ether oxygens (including phenoxy) is 2. The predicted molar refractivity (Wildman–Crippen MR) is 61.6 cm³/mol. The summed E-state index contributed by atoms with van der Waals surface area (Å²) in [7, 11) is 1.63. The van der Waals surface area contributed by atoms with Crippen molar-refractivity contribution in [2.24, 2.45) is 0 Å². The number of aliphatic hydroxyl groups is 1. The Bertz CT molecular complexity index is 326. The van der Waals surface area contributed by atoms with E-state index in [1.54, 1.807) is 13.2 Å². The van der Waals surface area contributed by atoms with Crippen molar-refractivity contribution in [2.45, 2.75) is 26.4 Å². The minimum Gasteiger partial charge on any atom is -0.475 e. The number of hydrogen-bond donors (Lipinski definition) is 1. The van der Waals surface area contributed by atoms with Crippen LogP contribution in [0.3, 0.4) is 0 Å². The molecule has 1 heterocycles. The lowest BCUT2D eigenvalue weighted by Crippen LogP contribution is -2.07. The number of hydrogen-bond acceptors (Lipinski definition) is 4. The maximum absolute atomic E-state index is 9.13. The second-order valence-corrected chi connectivity index (χ2v) is 3.89. The van der Waals surface area contributed by atoms with E-state index in [0.29, 0.717) is 25.0 Å². The molecule has 1 rings (SSSR count). The topological polar surface area (TPSA) is 51.6 Å². The summed E-state index contributed by atoms with van der Waals surface area (Å²) in [6, 6.07) is 3.65. The van der Waals surface area contributed by atoms with E-state index < -0.39 is 0 Å². The molecule has 0 saturated carbocycles. The highest BCUT2D eigenvalue weighted by Crippen LogP contribution is 2.18. The Kier molecular flexibility index (Phi) is 5.22. The molecule has 0 aliphatic rings. The van der Waals surface area contributed by atoms with Crippen LogP contribution < -0.4 is 4.74 Å². The van der Waals surface area contributed by atoms with Gasteiger partial charge in [-0.15, -0.1) is 0 Å². The summed E-state index contributed by atoms with van der Waals surface area (Å²) in [5.41, 5.74) is 1.75. The van der Waals surface area contributed by atoms with Crippen LogP contribution in [0.5, 0.6) is 5.88 Å². The second-order valence-electron chi connectivity index (χ2n) is 3.89. The molecule has 0 saturated heterocycles. The van der Waals surface area contributed by atoms with Gasteiger partial charge in [0, 0.05) is 18.9 Å². The number of nitrogens with zero attached hydrogens (tertiary/aromatic N) is 1. The van der Waals surface area contributed by atoms with Gasteiger partial charge in [-0.1, -0.05) is 13.8 Å². The van der Waals surface area contributed by atoms with Crippen molar-refractivity contribution in [2.75, 3.05) is 20.3 Å². The molecule has 90 valence electrons. The zero-order chi connectivity index (χ0) is 12.0. The fraction of sp³-hybridized carbons (Fsp3) is 0.583. The molecule has 0 bridgehead atoms. The average molecular weight is 225 g/mol. The van der Waals surface area contributed by atoms with Gasteiger partial charge in [0.15, 0.2) is 0 Å². The Hall–Kier alpha value is -1.13. The largest absolute Gasteiger partial charge is 0.475 e. The van der Waals surface area contributed by atoms with Gasteiger partial charge in [-0.2, -0.15) is 0 Å². The Balaban J connectivity index is 2.78. The van der Waals surface area contributed by atoms with Crippen molar-refractivity contribution < 1.29 is 14.6 Å². The van der Waals surface area contributed by atoms with E-state index in [2.05, 4.69) is 18.8 Å². The Labute approximate surface area is 96.2 Å². The van der Waals surface area contributed by atoms with Gasteiger partial charge in [0.25, 0.3) is 0 Å². The first-order valence-corrected chi connectivity index (χ1v) is 5.40. The minimum atomic E-state index is 0.00285. The van der Waals surface area contributed by atoms with Crippen molar-refractivity contribution in [3.8, 4) is 5.88 Å². The molecule has 0 aliphatic heterocycles. The fourth-order valence-corrected chi connectivity index (χ4v) is 1.27. The molecule has 1 aromatic heterocycles. The average Bonchev–Trinajstić information content (AvgIpc) is 2.29. The quantitative estimate of drug-likeness (QED) is 0.749. The van der Waals surface area contributed by atoms with Gasteiger partial charge >= 0.3 is 0 Å². The van der Waals surface area contributed by atoms with Crippen LogP contribution in [0.1, 0.15) is 31.0 Å². The Morgan fingerprint density at radius 3 is 2.62 bits per heavy atom. The van der Waals surface area contributed by atoms with E-state index in [9.17, 15) is 0 Å². The van der Waals surface area contributed by atoms with E-state index in [4.69, 9.17) is 14.6 Å². The zero-order valence-electron chi connectivity index (χ0n) is 10.1. The van der Waals surface area contributed by atoms with E-state index in [1.165, 1.54) is 0 Å². The molecule has 16 heavy (non-hydrogen) atoms. The SMILES string of the molecule is COCCOc1cc(CO)cc(C(C)C)n1. The van der Waals surface area contributed by atoms with Crippen LogP contribution in [0.15, 0.2) is 12.1 Å². The first-order chi connectivity index (χ1) is 7.67. The van der Waals surface area contributed by atoms with Crippen LogP contribution in [0.4, 0.5) is 0 Å². The van der Waals surface area contributed by atoms with E-state index in [-0.39, 0.29) is 6.61 Å². The molecule has 0 aliphatic carbocycles. The summed E-state index contributed by atoms with van der Waals surface area (Å²) in [5, 5.41) is 9.13. The molecular formula is C12H19NO3. The summed E-state index contributed by atoms with van der Waals surface area (Å²) >= 11 is 0. The van der Waals surface area contributed by atoms with Gasteiger partial charge in [0.05, 0.1) is 13.2 Å². The van der Waals surface area contributed by atoms with Crippen molar-refractivity contribution in [3.63, 3.8) is 0 Å². The lowest BCUT2D eigenvalue weighted by Gasteiger charge is -2.10. The summed E-state index contributed by atoms with van der Waals surface area (Å²) < 4.78 is 10.3. The lowest BCUT2D eigenvalue weighted by molar-refractivity contribution is 0.143. The maximum Gasteiger partial charge on any atom is 0.213 e. The Morgan fingerprint density at radius 1 is 1.31 bits per heavy atom. The standard InChI is InChI=1S/C12H19NO3/c1-9(2)11-6-10(8-14)7-12(13-11)16-5-4-15-3/h6-7,9,14H,4-5,8H2,1-3H3. The second kappa shape index (κ2) is 6.45. The third-order valence-electron chi connectivity index (χ3n) is 2.19. The van der Waals surface area contributed by atoms with E-state index in [0.717, 1.165) is 11.3 Å². The molecule has 4 nitrogen and oxygen atoms in total. The van der Waals surface area contributed by atoms with Gasteiger partial charge in [0.2, 0.25) is 5.88 Å². The summed E-state index contributed by atoms with van der Waals surface area (Å²) in [5.74, 6) is 0.864. The number of rotatable bonds is 6. The number of aliphatic hydroxyl groups excluding tert-OH is 1. The van der Waals surface area contributed by atoms with Gasteiger partial charge in [0.1, 0.15) is 6.61 Å². The van der Waals surface area contributed by atoms with Gasteiger partial charge in [-0.25, -0.2) is 4.98 Å². The minimum absolute atomic E-state index is 0.00285. The smallest absolute Gasteiger partial charge is 0.213 e. The molecule has 1 aromatic rings. The molecule has 0 aromatic carbocycles. The molecule has 0 unspecified atom stereocenters. The summed E-state index contributed by atoms with van der Waals surface area (Å²) in [6.45, 7) is 5.12. The Morgan fingerprint density at radius 2 is 2.06 bits per heavy atom. The predicted octanol–water partition coefficient (Wildman–Crippen LogP) is 1.72. The lowest BCUT2D eigenvalue weighted by atomic mass is 10.1. The van der Waals surface area contributed by atoms with Crippen molar-refractivity contribution in [3.05, 3.63) is 23.4 Å². The van der Waals surface area contributed by atoms with Crippen LogP contribution in [0.25, 0.3) is 0 Å². The summed E-state index contributed by atoms with van der Waals surface area (Å²) in [4.78, 5) is 4.36. The van der Waals surface area contributed by atoms with Crippen LogP contribution >= 0.6 is 0 Å². The number of aromatic nitrogens is 1. The highest BCUT2D eigenvalue weighted by atomic mass is 16.5. The fourth-order valence-electron chi connectivity index (χ4n) is 1.27. The molecule has 0 atom stereocenters. The normalized spacial score (nSPS) is 10.8. The van der Waals surface area contributed by atoms with Crippen molar-refractivity contribution >= 4 is 0 Å². The van der Waals surface area contributed by atoms with Crippen LogP contribution in [0, 0.1) is 0 Å². The van der Waals surface area contributed by atoms with Crippen molar-refractivity contribution in [1.82, 2.24) is 4.98 Å². The molecule has 0 spiro atoms. The van der Waals surface area contributed by atoms with Crippen LogP contribution in [-0.2, 0) is 11.3 Å². The molecular weight excluding hydrogens is 206 g/mol.